The van der Waals surface area contributed by atoms with Crippen molar-refractivity contribution < 1.29 is 9.53 Å². The maximum atomic E-state index is 12.2. The second kappa shape index (κ2) is 6.18. The third kappa shape index (κ3) is 3.07. The molecule has 3 rings (SSSR count). The third-order valence-electron chi connectivity index (χ3n) is 3.46. The number of rotatable bonds is 4. The van der Waals surface area contributed by atoms with E-state index in [1.54, 1.807) is 47.3 Å². The van der Waals surface area contributed by atoms with E-state index in [0.717, 1.165) is 0 Å². The largest absolute Gasteiger partial charge is 0.495 e. The predicted molar refractivity (Wildman–Crippen MR) is 89.2 cm³/mol. The van der Waals surface area contributed by atoms with Gasteiger partial charge in [0.25, 0.3) is 5.56 Å². The zero-order valence-corrected chi connectivity index (χ0v) is 13.1. The van der Waals surface area contributed by atoms with Gasteiger partial charge in [-0.2, -0.15) is 0 Å². The molecule has 0 aliphatic rings. The molecule has 0 bridgehead atoms. The van der Waals surface area contributed by atoms with Crippen LogP contribution in [0.2, 0.25) is 5.02 Å². The Kier molecular flexibility index (Phi) is 4.08. The smallest absolute Gasteiger partial charge is 0.257 e. The molecule has 0 radical (unpaired) electrons. The molecule has 7 heteroatoms. The van der Waals surface area contributed by atoms with Crippen molar-refractivity contribution in [3.05, 3.63) is 58.1 Å². The van der Waals surface area contributed by atoms with Crippen LogP contribution in [0.1, 0.15) is 0 Å². The topological polar surface area (TPSA) is 76.1 Å². The van der Waals surface area contributed by atoms with Crippen LogP contribution in [0.15, 0.2) is 47.5 Å². The molecule has 0 aliphatic carbocycles. The number of aromatic amines is 1. The third-order valence-corrected chi connectivity index (χ3v) is 3.75. The molecule has 118 valence electrons. The monoisotopic (exact) mass is 331 g/mol. The van der Waals surface area contributed by atoms with Crippen LogP contribution in [-0.2, 0) is 11.3 Å². The lowest BCUT2D eigenvalue weighted by Gasteiger charge is -2.09. The van der Waals surface area contributed by atoms with Crippen molar-refractivity contribution in [2.75, 3.05) is 12.4 Å². The van der Waals surface area contributed by atoms with E-state index < -0.39 is 0 Å². The minimum Gasteiger partial charge on any atom is -0.495 e. The minimum atomic E-state index is -0.219. The first-order valence-electron chi connectivity index (χ1n) is 6.88. The molecule has 0 fully saturated rings. The normalized spacial score (nSPS) is 10.7. The maximum Gasteiger partial charge on any atom is 0.257 e. The Balaban J connectivity index is 1.77. The van der Waals surface area contributed by atoms with Gasteiger partial charge in [-0.1, -0.05) is 11.6 Å². The van der Waals surface area contributed by atoms with E-state index in [1.165, 1.54) is 7.11 Å². The lowest BCUT2D eigenvalue weighted by atomic mass is 10.3. The summed E-state index contributed by atoms with van der Waals surface area (Å²) < 4.78 is 6.78. The van der Waals surface area contributed by atoms with Crippen molar-refractivity contribution in [3.63, 3.8) is 0 Å². The first kappa shape index (κ1) is 15.2. The van der Waals surface area contributed by atoms with Gasteiger partial charge in [-0.05, 0) is 30.3 Å². The van der Waals surface area contributed by atoms with E-state index >= 15 is 0 Å². The lowest BCUT2D eigenvalue weighted by Crippen LogP contribution is -2.18. The number of ether oxygens (including phenoxy) is 1. The van der Waals surface area contributed by atoms with Crippen LogP contribution in [0.25, 0.3) is 10.9 Å². The number of aromatic nitrogens is 2. The molecule has 23 heavy (non-hydrogen) atoms. The summed E-state index contributed by atoms with van der Waals surface area (Å²) in [5, 5.41) is 3.73. The number of amides is 1. The van der Waals surface area contributed by atoms with Gasteiger partial charge in [0.05, 0.1) is 23.0 Å². The van der Waals surface area contributed by atoms with Crippen LogP contribution < -0.4 is 15.6 Å². The zero-order chi connectivity index (χ0) is 16.4. The van der Waals surface area contributed by atoms with E-state index in [4.69, 9.17) is 16.3 Å². The summed E-state index contributed by atoms with van der Waals surface area (Å²) in [6, 6.07) is 8.46. The Hall–Kier alpha value is -2.73. The quantitative estimate of drug-likeness (QED) is 0.771. The Morgan fingerprint density at radius 1 is 1.35 bits per heavy atom. The highest BCUT2D eigenvalue weighted by molar-refractivity contribution is 6.32. The fourth-order valence-electron chi connectivity index (χ4n) is 2.37. The summed E-state index contributed by atoms with van der Waals surface area (Å²) in [7, 11) is 1.53. The van der Waals surface area contributed by atoms with Crippen LogP contribution in [0.3, 0.4) is 0 Å². The zero-order valence-electron chi connectivity index (χ0n) is 12.3. The van der Waals surface area contributed by atoms with Crippen molar-refractivity contribution in [2.45, 2.75) is 6.54 Å². The molecule has 0 spiro atoms. The Morgan fingerprint density at radius 3 is 2.91 bits per heavy atom. The number of nitrogens with one attached hydrogen (secondary N) is 2. The van der Waals surface area contributed by atoms with Crippen molar-refractivity contribution in [3.8, 4) is 5.75 Å². The molecule has 0 saturated heterocycles. The van der Waals surface area contributed by atoms with Gasteiger partial charge in [-0.3, -0.25) is 9.59 Å². The van der Waals surface area contributed by atoms with Crippen molar-refractivity contribution in [1.82, 2.24) is 9.55 Å². The van der Waals surface area contributed by atoms with E-state index in [2.05, 4.69) is 10.3 Å². The molecule has 6 nitrogen and oxygen atoms in total. The number of methoxy groups -OCH3 is 1. The second-order valence-electron chi connectivity index (χ2n) is 4.95. The highest BCUT2D eigenvalue weighted by Gasteiger charge is 2.09. The molecule has 0 atom stereocenters. The van der Waals surface area contributed by atoms with Crippen LogP contribution in [0.5, 0.6) is 5.75 Å². The first-order valence-corrected chi connectivity index (χ1v) is 7.26. The first-order chi connectivity index (χ1) is 11.1. The fraction of sp³-hybridized carbons (Fsp3) is 0.125. The number of carbonyl (C=O) groups excluding carboxylic acids is 1. The SMILES string of the molecule is COc1ccc(NC(=O)Cn2ccc3c(=O)[nH]ccc32)cc1Cl. The molecule has 2 heterocycles. The lowest BCUT2D eigenvalue weighted by molar-refractivity contribution is -0.116. The number of H-pyrrole nitrogens is 1. The number of anilines is 1. The van der Waals surface area contributed by atoms with E-state index in [0.29, 0.717) is 27.4 Å². The summed E-state index contributed by atoms with van der Waals surface area (Å²) >= 11 is 6.03. The summed E-state index contributed by atoms with van der Waals surface area (Å²) in [4.78, 5) is 26.5. The van der Waals surface area contributed by atoms with Gasteiger partial charge in [0.1, 0.15) is 12.3 Å². The number of carbonyl (C=O) groups is 1. The molecule has 1 aromatic carbocycles. The van der Waals surface area contributed by atoms with Crippen molar-refractivity contribution in [1.29, 1.82) is 0 Å². The van der Waals surface area contributed by atoms with Gasteiger partial charge >= 0.3 is 0 Å². The minimum absolute atomic E-state index is 0.0939. The molecule has 2 aromatic heterocycles. The van der Waals surface area contributed by atoms with Crippen LogP contribution in [-0.4, -0.2) is 22.6 Å². The van der Waals surface area contributed by atoms with Crippen LogP contribution in [0.4, 0.5) is 5.69 Å². The second-order valence-corrected chi connectivity index (χ2v) is 5.35. The van der Waals surface area contributed by atoms with E-state index in [9.17, 15) is 9.59 Å². The number of halogens is 1. The number of hydrogen-bond donors (Lipinski definition) is 2. The average Bonchev–Trinajstić information content (AvgIpc) is 2.92. The van der Waals surface area contributed by atoms with Crippen molar-refractivity contribution >= 4 is 34.1 Å². The molecule has 0 aliphatic heterocycles. The fourth-order valence-corrected chi connectivity index (χ4v) is 2.63. The van der Waals surface area contributed by atoms with Crippen molar-refractivity contribution in [2.24, 2.45) is 0 Å². The Labute approximate surface area is 136 Å². The predicted octanol–water partition coefficient (Wildman–Crippen LogP) is 2.63. The van der Waals surface area contributed by atoms with E-state index in [-0.39, 0.29) is 18.0 Å². The van der Waals surface area contributed by atoms with Crippen LogP contribution in [0, 0.1) is 0 Å². The highest BCUT2D eigenvalue weighted by atomic mass is 35.5. The molecular weight excluding hydrogens is 318 g/mol. The number of pyridine rings is 1. The van der Waals surface area contributed by atoms with Gasteiger partial charge in [0.2, 0.25) is 5.91 Å². The van der Waals surface area contributed by atoms with Crippen LogP contribution >= 0.6 is 11.6 Å². The Bertz CT molecular complexity index is 930. The van der Waals surface area contributed by atoms with Gasteiger partial charge in [0.15, 0.2) is 0 Å². The van der Waals surface area contributed by atoms with Gasteiger partial charge in [-0.15, -0.1) is 0 Å². The molecule has 1 amide bonds. The maximum absolute atomic E-state index is 12.2. The standard InChI is InChI=1S/C16H14ClN3O3/c1-23-14-3-2-10(8-12(14)17)19-15(21)9-20-7-5-11-13(20)4-6-18-16(11)22/h2-8H,9H2,1H3,(H,18,22)(H,19,21). The Morgan fingerprint density at radius 2 is 2.17 bits per heavy atom. The summed E-state index contributed by atoms with van der Waals surface area (Å²) in [6.07, 6.45) is 3.27. The summed E-state index contributed by atoms with van der Waals surface area (Å²) in [5.41, 5.74) is 1.11. The summed E-state index contributed by atoms with van der Waals surface area (Å²) in [5.74, 6) is 0.323. The molecule has 2 N–H and O–H groups in total. The number of fused-ring (bicyclic) bond motifs is 1. The molecule has 0 saturated carbocycles. The average molecular weight is 332 g/mol. The highest BCUT2D eigenvalue weighted by Crippen LogP contribution is 2.27. The molecule has 3 aromatic rings. The number of hydrogen-bond acceptors (Lipinski definition) is 3. The number of nitrogens with zero attached hydrogens (tertiary/aromatic N) is 1. The van der Waals surface area contributed by atoms with Gasteiger partial charge < -0.3 is 19.6 Å². The molecular formula is C16H14ClN3O3. The number of benzene rings is 1. The van der Waals surface area contributed by atoms with E-state index in [1.807, 2.05) is 0 Å². The van der Waals surface area contributed by atoms with Gasteiger partial charge in [0, 0.05) is 18.1 Å². The summed E-state index contributed by atoms with van der Waals surface area (Å²) in [6.45, 7) is 0.0939. The molecule has 0 unspecified atom stereocenters. The van der Waals surface area contributed by atoms with Gasteiger partial charge in [-0.25, -0.2) is 0 Å².